The van der Waals surface area contributed by atoms with Crippen LogP contribution >= 0.6 is 11.8 Å². The Bertz CT molecular complexity index is 351. The molecule has 1 aliphatic heterocycles. The first-order valence-electron chi connectivity index (χ1n) is 6.17. The molecule has 0 aromatic heterocycles. The maximum absolute atomic E-state index is 12.0. The second-order valence-electron chi connectivity index (χ2n) is 3.04. The summed E-state index contributed by atoms with van der Waals surface area (Å²) in [6.45, 7) is 8.81. The van der Waals surface area contributed by atoms with E-state index in [0.717, 1.165) is 24.2 Å². The number of halogens is 3. The van der Waals surface area contributed by atoms with E-state index < -0.39 is 5.51 Å². The van der Waals surface area contributed by atoms with Gasteiger partial charge in [0, 0.05) is 17.1 Å². The predicted octanol–water partition coefficient (Wildman–Crippen LogP) is 5.32. The molecular formula is C13H20F3NS. The fraction of sp³-hybridized carbons (Fsp3) is 0.538. The first kappa shape index (κ1) is 17.2. The molecule has 2 rings (SSSR count). The normalized spacial score (nSPS) is 12.4. The molecule has 5 heteroatoms. The van der Waals surface area contributed by atoms with Crippen LogP contribution in [0.4, 0.5) is 18.9 Å². The van der Waals surface area contributed by atoms with Crippen LogP contribution in [-0.2, 0) is 6.42 Å². The van der Waals surface area contributed by atoms with Crippen LogP contribution in [0.3, 0.4) is 0 Å². The Labute approximate surface area is 111 Å². The van der Waals surface area contributed by atoms with Crippen LogP contribution in [0.15, 0.2) is 23.1 Å². The highest BCUT2D eigenvalue weighted by molar-refractivity contribution is 8.00. The molecule has 0 bridgehead atoms. The zero-order chi connectivity index (χ0) is 14.2. The number of anilines is 1. The summed E-state index contributed by atoms with van der Waals surface area (Å²) in [5, 5.41) is 3.05. The first-order chi connectivity index (χ1) is 8.54. The van der Waals surface area contributed by atoms with Crippen LogP contribution in [0, 0.1) is 0 Å². The van der Waals surface area contributed by atoms with Crippen LogP contribution in [0.5, 0.6) is 0 Å². The fourth-order valence-electron chi connectivity index (χ4n) is 1.47. The molecule has 1 N–H and O–H groups in total. The molecule has 0 fully saturated rings. The number of fused-ring (bicyclic) bond motifs is 1. The van der Waals surface area contributed by atoms with E-state index >= 15 is 0 Å². The highest BCUT2D eigenvalue weighted by atomic mass is 32.2. The van der Waals surface area contributed by atoms with E-state index in [9.17, 15) is 13.2 Å². The minimum Gasteiger partial charge on any atom is -0.384 e. The van der Waals surface area contributed by atoms with E-state index in [0.29, 0.717) is 0 Å². The average Bonchev–Trinajstić information content (AvgIpc) is 2.79. The van der Waals surface area contributed by atoms with Crippen LogP contribution in [0.2, 0.25) is 0 Å². The summed E-state index contributed by atoms with van der Waals surface area (Å²) in [6.07, 6.45) is 0.895. The molecule has 0 radical (unpaired) electrons. The number of nitrogens with one attached hydrogen (secondary N) is 1. The third kappa shape index (κ3) is 5.67. The van der Waals surface area contributed by atoms with Crippen molar-refractivity contribution in [2.45, 2.75) is 44.5 Å². The molecule has 1 aromatic rings. The van der Waals surface area contributed by atoms with Crippen LogP contribution in [0.25, 0.3) is 0 Å². The van der Waals surface area contributed by atoms with Crippen molar-refractivity contribution in [2.75, 3.05) is 11.9 Å². The standard InChI is InChI=1S/C9H8F3NS.2C2H6/c10-9(11,12)14-7-2-1-6-3-4-13-8(6)5-7;2*1-2/h1-2,5,13H,3-4H2;2*1-2H3. The van der Waals surface area contributed by atoms with Crippen molar-refractivity contribution in [3.05, 3.63) is 23.8 Å². The van der Waals surface area contributed by atoms with Crippen molar-refractivity contribution in [1.29, 1.82) is 0 Å². The molecule has 0 atom stereocenters. The van der Waals surface area contributed by atoms with Crippen molar-refractivity contribution in [1.82, 2.24) is 0 Å². The lowest BCUT2D eigenvalue weighted by atomic mass is 10.2. The largest absolute Gasteiger partial charge is 0.446 e. The van der Waals surface area contributed by atoms with Gasteiger partial charge in [0.15, 0.2) is 0 Å². The van der Waals surface area contributed by atoms with Crippen molar-refractivity contribution in [2.24, 2.45) is 0 Å². The van der Waals surface area contributed by atoms with Gasteiger partial charge in [0.05, 0.1) is 0 Å². The van der Waals surface area contributed by atoms with Gasteiger partial charge in [0.2, 0.25) is 0 Å². The van der Waals surface area contributed by atoms with Gasteiger partial charge in [-0.25, -0.2) is 0 Å². The lowest BCUT2D eigenvalue weighted by Crippen LogP contribution is -1.99. The monoisotopic (exact) mass is 279 g/mol. The van der Waals surface area contributed by atoms with Crippen molar-refractivity contribution in [3.8, 4) is 0 Å². The number of benzene rings is 1. The molecule has 0 saturated carbocycles. The van der Waals surface area contributed by atoms with Crippen molar-refractivity contribution >= 4 is 17.4 Å². The lowest BCUT2D eigenvalue weighted by Gasteiger charge is -2.07. The van der Waals surface area contributed by atoms with Gasteiger partial charge in [-0.3, -0.25) is 0 Å². The highest BCUT2D eigenvalue weighted by Crippen LogP contribution is 2.38. The summed E-state index contributed by atoms with van der Waals surface area (Å²) in [5.41, 5.74) is -2.27. The Hall–Kier alpha value is -0.840. The molecule has 18 heavy (non-hydrogen) atoms. The van der Waals surface area contributed by atoms with Gasteiger partial charge in [-0.05, 0) is 35.9 Å². The molecule has 1 aliphatic rings. The third-order valence-electron chi connectivity index (χ3n) is 2.02. The number of rotatable bonds is 1. The summed E-state index contributed by atoms with van der Waals surface area (Å²) in [7, 11) is 0. The zero-order valence-electron chi connectivity index (χ0n) is 11.2. The Balaban J connectivity index is 0.000000659. The Morgan fingerprint density at radius 1 is 1.11 bits per heavy atom. The Morgan fingerprint density at radius 3 is 2.28 bits per heavy atom. The van der Waals surface area contributed by atoms with Gasteiger partial charge < -0.3 is 5.32 Å². The molecule has 104 valence electrons. The maximum atomic E-state index is 12.0. The number of hydrogen-bond acceptors (Lipinski definition) is 2. The summed E-state index contributed by atoms with van der Waals surface area (Å²) in [6, 6.07) is 4.83. The fourth-order valence-corrected chi connectivity index (χ4v) is 2.05. The van der Waals surface area contributed by atoms with E-state index in [1.807, 2.05) is 27.7 Å². The smallest absolute Gasteiger partial charge is 0.384 e. The summed E-state index contributed by atoms with van der Waals surface area (Å²) in [5.74, 6) is 0. The second kappa shape index (κ2) is 8.29. The van der Waals surface area contributed by atoms with Gasteiger partial charge in [-0.15, -0.1) is 0 Å². The summed E-state index contributed by atoms with van der Waals surface area (Å²) >= 11 is -0.0732. The Morgan fingerprint density at radius 2 is 1.72 bits per heavy atom. The molecule has 0 aliphatic carbocycles. The Kier molecular flexibility index (Phi) is 7.91. The number of hydrogen-bond donors (Lipinski definition) is 1. The predicted molar refractivity (Wildman–Crippen MR) is 73.2 cm³/mol. The van der Waals surface area contributed by atoms with E-state index in [1.54, 1.807) is 12.1 Å². The zero-order valence-corrected chi connectivity index (χ0v) is 12.0. The molecule has 0 saturated heterocycles. The van der Waals surface area contributed by atoms with Gasteiger partial charge in [0.25, 0.3) is 0 Å². The van der Waals surface area contributed by atoms with E-state index in [4.69, 9.17) is 0 Å². The minimum absolute atomic E-state index is 0.0732. The van der Waals surface area contributed by atoms with E-state index in [-0.39, 0.29) is 16.7 Å². The molecule has 1 heterocycles. The number of thioether (sulfide) groups is 1. The third-order valence-corrected chi connectivity index (χ3v) is 2.75. The van der Waals surface area contributed by atoms with Gasteiger partial charge >= 0.3 is 5.51 Å². The molecule has 1 aromatic carbocycles. The van der Waals surface area contributed by atoms with E-state index in [2.05, 4.69) is 5.32 Å². The van der Waals surface area contributed by atoms with Crippen molar-refractivity contribution in [3.63, 3.8) is 0 Å². The van der Waals surface area contributed by atoms with Crippen molar-refractivity contribution < 1.29 is 13.2 Å². The highest BCUT2D eigenvalue weighted by Gasteiger charge is 2.29. The topological polar surface area (TPSA) is 12.0 Å². The first-order valence-corrected chi connectivity index (χ1v) is 6.99. The van der Waals surface area contributed by atoms with Gasteiger partial charge in [0.1, 0.15) is 0 Å². The molecular weight excluding hydrogens is 259 g/mol. The van der Waals surface area contributed by atoms with Crippen LogP contribution in [0.1, 0.15) is 33.3 Å². The second-order valence-corrected chi connectivity index (χ2v) is 4.18. The van der Waals surface area contributed by atoms with Gasteiger partial charge in [-0.2, -0.15) is 13.2 Å². The van der Waals surface area contributed by atoms with Gasteiger partial charge in [-0.1, -0.05) is 33.8 Å². The minimum atomic E-state index is -4.20. The quantitative estimate of drug-likeness (QED) is 0.698. The van der Waals surface area contributed by atoms with Crippen LogP contribution < -0.4 is 5.32 Å². The van der Waals surface area contributed by atoms with E-state index in [1.165, 1.54) is 6.07 Å². The summed E-state index contributed by atoms with van der Waals surface area (Å²) in [4.78, 5) is 0.241. The van der Waals surface area contributed by atoms with Crippen LogP contribution in [-0.4, -0.2) is 12.1 Å². The SMILES string of the molecule is CC.CC.FC(F)(F)Sc1ccc2c(c1)NCC2. The molecule has 0 spiro atoms. The molecule has 0 unspecified atom stereocenters. The lowest BCUT2D eigenvalue weighted by molar-refractivity contribution is -0.0328. The number of alkyl halides is 3. The molecule has 0 amide bonds. The average molecular weight is 279 g/mol. The molecule has 1 nitrogen and oxygen atoms in total. The maximum Gasteiger partial charge on any atom is 0.446 e. The summed E-state index contributed by atoms with van der Waals surface area (Å²) < 4.78 is 36.1.